The number of oxazole rings is 1. The van der Waals surface area contributed by atoms with Gasteiger partial charge in [-0.25, -0.2) is 0 Å². The molecule has 4 nitrogen and oxygen atoms in total. The molecule has 88 valence electrons. The van der Waals surface area contributed by atoms with E-state index in [2.05, 4.69) is 15.2 Å². The second kappa shape index (κ2) is 4.59. The number of anilines is 1. The van der Waals surface area contributed by atoms with Crippen molar-refractivity contribution in [1.82, 2.24) is 10.3 Å². The Kier molecular flexibility index (Phi) is 2.80. The van der Waals surface area contributed by atoms with Crippen LogP contribution in [0.4, 0.5) is 6.01 Å². The van der Waals surface area contributed by atoms with Gasteiger partial charge in [-0.05, 0) is 0 Å². The van der Waals surface area contributed by atoms with Crippen molar-refractivity contribution in [3.05, 3.63) is 36.6 Å². The van der Waals surface area contributed by atoms with Gasteiger partial charge in [-0.15, -0.1) is 0 Å². The highest BCUT2D eigenvalue weighted by Gasteiger charge is 2.15. The molecule has 1 fully saturated rings. The Bertz CT molecular complexity index is 474. The molecule has 0 saturated carbocycles. The molecule has 1 aliphatic rings. The summed E-state index contributed by atoms with van der Waals surface area (Å²) in [7, 11) is 0. The van der Waals surface area contributed by atoms with Gasteiger partial charge in [0.1, 0.15) is 12.0 Å². The normalized spacial score (nSPS) is 16.1. The van der Waals surface area contributed by atoms with Crippen LogP contribution in [-0.2, 0) is 0 Å². The van der Waals surface area contributed by atoms with E-state index in [9.17, 15) is 0 Å². The molecule has 4 heteroatoms. The van der Waals surface area contributed by atoms with Crippen LogP contribution < -0.4 is 10.2 Å². The fourth-order valence-electron chi connectivity index (χ4n) is 2.01. The third-order valence-corrected chi connectivity index (χ3v) is 2.95. The maximum Gasteiger partial charge on any atom is 0.297 e. The zero-order valence-electron chi connectivity index (χ0n) is 9.60. The second-order valence-corrected chi connectivity index (χ2v) is 4.12. The third kappa shape index (κ3) is 2.17. The van der Waals surface area contributed by atoms with Crippen LogP contribution >= 0.6 is 0 Å². The highest BCUT2D eigenvalue weighted by molar-refractivity contribution is 5.59. The molecule has 0 amide bonds. The summed E-state index contributed by atoms with van der Waals surface area (Å²) in [6.07, 6.45) is 1.73. The molecule has 3 rings (SSSR count). The Balaban J connectivity index is 1.83. The summed E-state index contributed by atoms with van der Waals surface area (Å²) in [5, 5.41) is 3.31. The van der Waals surface area contributed by atoms with Crippen molar-refractivity contribution in [2.75, 3.05) is 31.1 Å². The Hall–Kier alpha value is -1.81. The van der Waals surface area contributed by atoms with Crippen molar-refractivity contribution in [3.63, 3.8) is 0 Å². The van der Waals surface area contributed by atoms with E-state index in [0.29, 0.717) is 0 Å². The molecule has 1 aromatic carbocycles. The zero-order valence-corrected chi connectivity index (χ0v) is 9.60. The molecule has 2 aromatic rings. The largest absolute Gasteiger partial charge is 0.431 e. The average molecular weight is 229 g/mol. The fourth-order valence-corrected chi connectivity index (χ4v) is 2.01. The topological polar surface area (TPSA) is 41.3 Å². The van der Waals surface area contributed by atoms with E-state index in [4.69, 9.17) is 4.42 Å². The summed E-state index contributed by atoms with van der Waals surface area (Å²) >= 11 is 0. The standard InChI is InChI=1S/C13H15N3O/c1-2-4-11(5-3-1)12-10-17-13(15-12)16-8-6-14-7-9-16/h1-5,10,14H,6-9H2. The lowest BCUT2D eigenvalue weighted by Crippen LogP contribution is -2.43. The van der Waals surface area contributed by atoms with E-state index in [-0.39, 0.29) is 0 Å². The predicted molar refractivity (Wildman–Crippen MR) is 67.0 cm³/mol. The van der Waals surface area contributed by atoms with Gasteiger partial charge in [0.2, 0.25) is 0 Å². The first-order valence-corrected chi connectivity index (χ1v) is 5.90. The number of aromatic nitrogens is 1. The van der Waals surface area contributed by atoms with Crippen LogP contribution in [0.15, 0.2) is 41.0 Å². The summed E-state index contributed by atoms with van der Waals surface area (Å²) in [6, 6.07) is 10.8. The highest BCUT2D eigenvalue weighted by atomic mass is 16.4. The number of rotatable bonds is 2. The first-order valence-electron chi connectivity index (χ1n) is 5.90. The monoisotopic (exact) mass is 229 g/mol. The SMILES string of the molecule is c1ccc(-c2coc(N3CCNCC3)n2)cc1. The summed E-state index contributed by atoms with van der Waals surface area (Å²) in [5.41, 5.74) is 2.00. The molecule has 1 saturated heterocycles. The van der Waals surface area contributed by atoms with E-state index in [1.54, 1.807) is 6.26 Å². The third-order valence-electron chi connectivity index (χ3n) is 2.95. The van der Waals surface area contributed by atoms with Crippen LogP contribution in [0.5, 0.6) is 0 Å². The summed E-state index contributed by atoms with van der Waals surface area (Å²) in [6.45, 7) is 3.88. The van der Waals surface area contributed by atoms with E-state index in [1.807, 2.05) is 30.3 Å². The maximum absolute atomic E-state index is 5.55. The molecule has 0 bridgehead atoms. The van der Waals surface area contributed by atoms with Crippen molar-refractivity contribution in [3.8, 4) is 11.3 Å². The van der Waals surface area contributed by atoms with E-state index in [0.717, 1.165) is 43.5 Å². The summed E-state index contributed by atoms with van der Waals surface area (Å²) in [5.74, 6) is 0. The van der Waals surface area contributed by atoms with Gasteiger partial charge < -0.3 is 14.6 Å². The van der Waals surface area contributed by atoms with Gasteiger partial charge in [0.25, 0.3) is 6.01 Å². The van der Waals surface area contributed by atoms with Gasteiger partial charge >= 0.3 is 0 Å². The van der Waals surface area contributed by atoms with Crippen LogP contribution in [0.2, 0.25) is 0 Å². The lowest BCUT2D eigenvalue weighted by atomic mass is 10.2. The van der Waals surface area contributed by atoms with E-state index >= 15 is 0 Å². The minimum atomic E-state index is 0.727. The first-order chi connectivity index (χ1) is 8.43. The molecule has 0 unspecified atom stereocenters. The van der Waals surface area contributed by atoms with Gasteiger partial charge in [0.05, 0.1) is 0 Å². The lowest BCUT2D eigenvalue weighted by Gasteiger charge is -2.25. The second-order valence-electron chi connectivity index (χ2n) is 4.12. The molecule has 0 atom stereocenters. The van der Waals surface area contributed by atoms with E-state index in [1.165, 1.54) is 0 Å². The molecule has 17 heavy (non-hydrogen) atoms. The zero-order chi connectivity index (χ0) is 11.5. The van der Waals surface area contributed by atoms with E-state index < -0.39 is 0 Å². The van der Waals surface area contributed by atoms with Crippen molar-refractivity contribution in [2.45, 2.75) is 0 Å². The van der Waals surface area contributed by atoms with Gasteiger partial charge in [-0.3, -0.25) is 0 Å². The minimum Gasteiger partial charge on any atom is -0.431 e. The Morgan fingerprint density at radius 2 is 1.88 bits per heavy atom. The van der Waals surface area contributed by atoms with Gasteiger partial charge in [0, 0.05) is 31.7 Å². The molecule has 2 heterocycles. The molecule has 1 aromatic heterocycles. The maximum atomic E-state index is 5.55. The summed E-state index contributed by atoms with van der Waals surface area (Å²) in [4.78, 5) is 6.71. The smallest absolute Gasteiger partial charge is 0.297 e. The number of hydrogen-bond acceptors (Lipinski definition) is 4. The quantitative estimate of drug-likeness (QED) is 0.851. The van der Waals surface area contributed by atoms with Crippen molar-refractivity contribution in [2.24, 2.45) is 0 Å². The Morgan fingerprint density at radius 1 is 1.12 bits per heavy atom. The predicted octanol–water partition coefficient (Wildman–Crippen LogP) is 1.75. The Morgan fingerprint density at radius 3 is 2.65 bits per heavy atom. The molecular weight excluding hydrogens is 214 g/mol. The molecule has 1 aliphatic heterocycles. The van der Waals surface area contributed by atoms with Crippen molar-refractivity contribution in [1.29, 1.82) is 0 Å². The Labute approximate surface area is 100 Å². The van der Waals surface area contributed by atoms with Crippen LogP contribution in [0.25, 0.3) is 11.3 Å². The fraction of sp³-hybridized carbons (Fsp3) is 0.308. The number of nitrogens with one attached hydrogen (secondary N) is 1. The number of piperazine rings is 1. The van der Waals surface area contributed by atoms with Crippen LogP contribution in [0.1, 0.15) is 0 Å². The number of nitrogens with zero attached hydrogens (tertiary/aromatic N) is 2. The lowest BCUT2D eigenvalue weighted by molar-refractivity contribution is 0.499. The molecule has 0 aliphatic carbocycles. The molecule has 0 radical (unpaired) electrons. The molecular formula is C13H15N3O. The average Bonchev–Trinajstić information content (AvgIpc) is 2.90. The van der Waals surface area contributed by atoms with Crippen molar-refractivity contribution >= 4 is 6.01 Å². The molecule has 0 spiro atoms. The van der Waals surface area contributed by atoms with Crippen molar-refractivity contribution < 1.29 is 4.42 Å². The van der Waals surface area contributed by atoms with Crippen LogP contribution in [0, 0.1) is 0 Å². The van der Waals surface area contributed by atoms with Gasteiger partial charge in [0.15, 0.2) is 0 Å². The van der Waals surface area contributed by atoms with Crippen LogP contribution in [-0.4, -0.2) is 31.2 Å². The van der Waals surface area contributed by atoms with Crippen LogP contribution in [0.3, 0.4) is 0 Å². The number of hydrogen-bond donors (Lipinski definition) is 1. The van der Waals surface area contributed by atoms with Gasteiger partial charge in [-0.1, -0.05) is 30.3 Å². The summed E-state index contributed by atoms with van der Waals surface area (Å²) < 4.78 is 5.55. The molecule has 1 N–H and O–H groups in total. The highest BCUT2D eigenvalue weighted by Crippen LogP contribution is 2.22. The minimum absolute atomic E-state index is 0.727. The van der Waals surface area contributed by atoms with Gasteiger partial charge in [-0.2, -0.15) is 4.98 Å². The number of benzene rings is 1. The first kappa shape index (κ1) is 10.4.